The molecule has 2 heterocycles. The van der Waals surface area contributed by atoms with Crippen LogP contribution in [0.2, 0.25) is 0 Å². The number of hydrogen-bond acceptors (Lipinski definition) is 2. The molecule has 0 unspecified atom stereocenters. The van der Waals surface area contributed by atoms with E-state index < -0.39 is 0 Å². The van der Waals surface area contributed by atoms with Crippen LogP contribution in [0.4, 0.5) is 0 Å². The van der Waals surface area contributed by atoms with Crippen LogP contribution in [-0.4, -0.2) is 30.6 Å². The topological polar surface area (TPSA) is 54.1 Å². The predicted molar refractivity (Wildman–Crippen MR) is 69.6 cm³/mol. The van der Waals surface area contributed by atoms with Crippen molar-refractivity contribution >= 4 is 16.8 Å². The second kappa shape index (κ2) is 4.14. The Kier molecular flexibility index (Phi) is 2.59. The molecule has 2 N–H and O–H groups in total. The molecule has 0 radical (unpaired) electrons. The van der Waals surface area contributed by atoms with E-state index in [0.717, 1.165) is 24.1 Å². The molecule has 0 atom stereocenters. The van der Waals surface area contributed by atoms with Gasteiger partial charge in [-0.1, -0.05) is 13.0 Å². The van der Waals surface area contributed by atoms with Crippen LogP contribution in [0.3, 0.4) is 0 Å². The van der Waals surface area contributed by atoms with Gasteiger partial charge in [0.1, 0.15) is 0 Å². The Morgan fingerprint density at radius 2 is 2.28 bits per heavy atom. The number of benzene rings is 1. The molecule has 4 nitrogen and oxygen atoms in total. The van der Waals surface area contributed by atoms with Gasteiger partial charge < -0.3 is 15.0 Å². The van der Waals surface area contributed by atoms with Gasteiger partial charge in [-0.25, -0.2) is 0 Å². The summed E-state index contributed by atoms with van der Waals surface area (Å²) in [4.78, 5) is 15.1. The summed E-state index contributed by atoms with van der Waals surface area (Å²) in [7, 11) is 0. The van der Waals surface area contributed by atoms with Crippen molar-refractivity contribution in [1.29, 1.82) is 0 Å². The number of carbonyl (C=O) groups is 1. The first-order valence-corrected chi connectivity index (χ1v) is 6.09. The number of fused-ring (bicyclic) bond motifs is 1. The molecule has 94 valence electrons. The number of nitrogens with one attached hydrogen (secondary N) is 2. The third kappa shape index (κ3) is 1.99. The van der Waals surface area contributed by atoms with Gasteiger partial charge in [0.25, 0.3) is 5.91 Å². The highest BCUT2D eigenvalue weighted by Crippen LogP contribution is 2.25. The lowest BCUT2D eigenvalue weighted by Crippen LogP contribution is -2.48. The average Bonchev–Trinajstić information content (AvgIpc) is 2.80. The second-order valence-electron chi connectivity index (χ2n) is 5.27. The Labute approximate surface area is 105 Å². The number of amides is 1. The van der Waals surface area contributed by atoms with Gasteiger partial charge in [-0.2, -0.15) is 0 Å². The second-order valence-corrected chi connectivity index (χ2v) is 5.27. The largest absolute Gasteiger partial charge is 0.380 e. The minimum Gasteiger partial charge on any atom is -0.380 e. The molecule has 0 aliphatic carbocycles. The van der Waals surface area contributed by atoms with E-state index in [-0.39, 0.29) is 11.3 Å². The Bertz CT molecular complexity index is 584. The van der Waals surface area contributed by atoms with Crippen LogP contribution >= 0.6 is 0 Å². The molecule has 1 amide bonds. The van der Waals surface area contributed by atoms with Gasteiger partial charge in [-0.3, -0.25) is 4.79 Å². The monoisotopic (exact) mass is 244 g/mol. The summed E-state index contributed by atoms with van der Waals surface area (Å²) in [6, 6.07) is 7.67. The number of carbonyl (C=O) groups excluding carboxylic acids is 1. The molecule has 1 fully saturated rings. The van der Waals surface area contributed by atoms with E-state index in [9.17, 15) is 4.79 Å². The zero-order chi connectivity index (χ0) is 12.6. The lowest BCUT2D eigenvalue weighted by molar-refractivity contribution is -0.0978. The SMILES string of the molecule is CC1(CNC(=O)c2ccc3cc[nH]c3c2)COC1. The van der Waals surface area contributed by atoms with E-state index >= 15 is 0 Å². The fourth-order valence-electron chi connectivity index (χ4n) is 2.14. The Morgan fingerprint density at radius 1 is 1.44 bits per heavy atom. The third-order valence-electron chi connectivity index (χ3n) is 3.39. The van der Waals surface area contributed by atoms with E-state index in [4.69, 9.17) is 4.74 Å². The Balaban J connectivity index is 1.71. The van der Waals surface area contributed by atoms with E-state index in [2.05, 4.69) is 17.2 Å². The van der Waals surface area contributed by atoms with Crippen molar-refractivity contribution in [3.63, 3.8) is 0 Å². The Morgan fingerprint density at radius 3 is 3.00 bits per heavy atom. The van der Waals surface area contributed by atoms with Crippen LogP contribution in [0, 0.1) is 5.41 Å². The van der Waals surface area contributed by atoms with Gasteiger partial charge >= 0.3 is 0 Å². The van der Waals surface area contributed by atoms with Crippen molar-refractivity contribution in [3.05, 3.63) is 36.0 Å². The first-order valence-electron chi connectivity index (χ1n) is 6.09. The summed E-state index contributed by atoms with van der Waals surface area (Å²) in [5.41, 5.74) is 1.78. The quantitative estimate of drug-likeness (QED) is 0.866. The molecule has 1 aliphatic heterocycles. The predicted octanol–water partition coefficient (Wildman–Crippen LogP) is 1.93. The zero-order valence-electron chi connectivity index (χ0n) is 10.3. The van der Waals surface area contributed by atoms with E-state index in [1.165, 1.54) is 0 Å². The van der Waals surface area contributed by atoms with Crippen LogP contribution in [0.15, 0.2) is 30.5 Å². The number of ether oxygens (including phenoxy) is 1. The molecule has 1 aliphatic rings. The number of aromatic amines is 1. The Hall–Kier alpha value is -1.81. The fourth-order valence-corrected chi connectivity index (χ4v) is 2.14. The normalized spacial score (nSPS) is 17.4. The number of rotatable bonds is 3. The van der Waals surface area contributed by atoms with Crippen LogP contribution in [0.25, 0.3) is 10.9 Å². The van der Waals surface area contributed by atoms with Crippen molar-refractivity contribution in [2.24, 2.45) is 5.41 Å². The molecule has 3 rings (SSSR count). The summed E-state index contributed by atoms with van der Waals surface area (Å²) >= 11 is 0. The van der Waals surface area contributed by atoms with Crippen LogP contribution in [0.1, 0.15) is 17.3 Å². The summed E-state index contributed by atoms with van der Waals surface area (Å²) < 4.78 is 5.17. The molecule has 4 heteroatoms. The van der Waals surface area contributed by atoms with E-state index in [0.29, 0.717) is 12.1 Å². The van der Waals surface area contributed by atoms with Crippen LogP contribution < -0.4 is 5.32 Å². The molecular weight excluding hydrogens is 228 g/mol. The average molecular weight is 244 g/mol. The maximum Gasteiger partial charge on any atom is 0.251 e. The van der Waals surface area contributed by atoms with Gasteiger partial charge in [0.2, 0.25) is 0 Å². The van der Waals surface area contributed by atoms with Crippen LogP contribution in [0.5, 0.6) is 0 Å². The molecule has 2 aromatic rings. The van der Waals surface area contributed by atoms with Gasteiger partial charge in [0.05, 0.1) is 13.2 Å². The molecule has 1 aromatic carbocycles. The van der Waals surface area contributed by atoms with Crippen molar-refractivity contribution < 1.29 is 9.53 Å². The third-order valence-corrected chi connectivity index (χ3v) is 3.39. The number of aromatic nitrogens is 1. The summed E-state index contributed by atoms with van der Waals surface area (Å²) in [5.74, 6) is -0.0281. The molecule has 1 aromatic heterocycles. The highest BCUT2D eigenvalue weighted by molar-refractivity contribution is 5.97. The highest BCUT2D eigenvalue weighted by Gasteiger charge is 2.33. The van der Waals surface area contributed by atoms with Gasteiger partial charge in [-0.05, 0) is 23.6 Å². The molecular formula is C14H16N2O2. The summed E-state index contributed by atoms with van der Waals surface area (Å²) in [6.45, 7) is 4.23. The van der Waals surface area contributed by atoms with Gasteiger partial charge in [0.15, 0.2) is 0 Å². The molecule has 18 heavy (non-hydrogen) atoms. The van der Waals surface area contributed by atoms with Crippen molar-refractivity contribution in [3.8, 4) is 0 Å². The molecule has 0 bridgehead atoms. The first-order chi connectivity index (χ1) is 8.66. The van der Waals surface area contributed by atoms with Gasteiger partial charge in [0, 0.05) is 29.2 Å². The van der Waals surface area contributed by atoms with Crippen molar-refractivity contribution in [2.75, 3.05) is 19.8 Å². The smallest absolute Gasteiger partial charge is 0.251 e. The zero-order valence-corrected chi connectivity index (χ0v) is 10.3. The minimum absolute atomic E-state index is 0.0281. The minimum atomic E-state index is -0.0281. The van der Waals surface area contributed by atoms with Gasteiger partial charge in [-0.15, -0.1) is 0 Å². The standard InChI is InChI=1S/C14H16N2O2/c1-14(8-18-9-14)7-16-13(17)11-3-2-10-4-5-15-12(10)6-11/h2-6,15H,7-9H2,1H3,(H,16,17). The van der Waals surface area contributed by atoms with Crippen molar-refractivity contribution in [2.45, 2.75) is 6.92 Å². The summed E-state index contributed by atoms with van der Waals surface area (Å²) in [6.07, 6.45) is 1.87. The highest BCUT2D eigenvalue weighted by atomic mass is 16.5. The van der Waals surface area contributed by atoms with Crippen molar-refractivity contribution in [1.82, 2.24) is 10.3 Å². The fraction of sp³-hybridized carbons (Fsp3) is 0.357. The number of hydrogen-bond donors (Lipinski definition) is 2. The first kappa shape index (κ1) is 11.3. The molecule has 0 saturated carbocycles. The van der Waals surface area contributed by atoms with Crippen LogP contribution in [-0.2, 0) is 4.74 Å². The maximum atomic E-state index is 12.0. The molecule has 0 spiro atoms. The molecule has 1 saturated heterocycles. The lowest BCUT2D eigenvalue weighted by atomic mass is 9.88. The summed E-state index contributed by atoms with van der Waals surface area (Å²) in [5, 5.41) is 4.08. The lowest BCUT2D eigenvalue weighted by Gasteiger charge is -2.38. The van der Waals surface area contributed by atoms with E-state index in [1.807, 2.05) is 30.5 Å². The van der Waals surface area contributed by atoms with E-state index in [1.54, 1.807) is 0 Å². The number of H-pyrrole nitrogens is 1. The maximum absolute atomic E-state index is 12.0.